The second-order valence-corrected chi connectivity index (χ2v) is 10.2. The maximum atomic E-state index is 2.51. The van der Waals surface area contributed by atoms with E-state index in [4.69, 9.17) is 0 Å². The fourth-order valence-corrected chi connectivity index (χ4v) is 5.96. The molecule has 0 amide bonds. The van der Waals surface area contributed by atoms with Gasteiger partial charge in [-0.1, -0.05) is 117 Å². The summed E-state index contributed by atoms with van der Waals surface area (Å²) >= 11 is 0. The molecule has 0 bridgehead atoms. The van der Waals surface area contributed by atoms with Gasteiger partial charge in [0, 0.05) is 21.8 Å². The van der Waals surface area contributed by atoms with Crippen LogP contribution < -0.4 is 0 Å². The molecule has 0 aliphatic rings. The van der Waals surface area contributed by atoms with Crippen molar-refractivity contribution in [1.82, 2.24) is 4.57 Å². The highest BCUT2D eigenvalue weighted by Crippen LogP contribution is 2.43. The SMILES string of the molecule is CCC(C)c1ccc2c3c4ccccc4c4ccccc4c3n(-c3cccc(-c4ccccc4)c3)c2c1. The van der Waals surface area contributed by atoms with Crippen molar-refractivity contribution in [3.05, 3.63) is 127 Å². The Kier molecular flexibility index (Phi) is 5.11. The van der Waals surface area contributed by atoms with Gasteiger partial charge in [0.05, 0.1) is 11.0 Å². The Balaban J connectivity index is 1.68. The zero-order valence-electron chi connectivity index (χ0n) is 21.3. The molecule has 0 radical (unpaired) electrons. The zero-order chi connectivity index (χ0) is 24.9. The van der Waals surface area contributed by atoms with Crippen molar-refractivity contribution in [1.29, 1.82) is 0 Å². The first-order chi connectivity index (χ1) is 18.2. The number of rotatable bonds is 4. The standard InChI is InChI=1S/C36H29N/c1-3-24(2)26-20-21-33-34(23-26)37(28-15-11-14-27(22-28)25-12-5-4-6-13-25)36-32-19-10-8-17-30(32)29-16-7-9-18-31(29)35(33)36/h4-24H,3H2,1-2H3. The second kappa shape index (κ2) is 8.64. The third-order valence-corrected chi connectivity index (χ3v) is 8.05. The first kappa shape index (κ1) is 21.9. The maximum Gasteiger partial charge on any atom is 0.0625 e. The summed E-state index contributed by atoms with van der Waals surface area (Å²) in [4.78, 5) is 0. The smallest absolute Gasteiger partial charge is 0.0625 e. The molecule has 0 N–H and O–H groups in total. The summed E-state index contributed by atoms with van der Waals surface area (Å²) in [6, 6.07) is 44.6. The predicted octanol–water partition coefficient (Wildman–Crippen LogP) is 10.3. The maximum absolute atomic E-state index is 2.51. The molecule has 0 fully saturated rings. The lowest BCUT2D eigenvalue weighted by molar-refractivity contribution is 0.734. The Hall–Kier alpha value is -4.36. The average molecular weight is 476 g/mol. The lowest BCUT2D eigenvalue weighted by Gasteiger charge is -2.14. The third-order valence-electron chi connectivity index (χ3n) is 8.05. The van der Waals surface area contributed by atoms with Crippen LogP contribution >= 0.6 is 0 Å². The highest BCUT2D eigenvalue weighted by Gasteiger charge is 2.20. The van der Waals surface area contributed by atoms with E-state index in [0.717, 1.165) is 6.42 Å². The van der Waals surface area contributed by atoms with Crippen molar-refractivity contribution in [2.45, 2.75) is 26.2 Å². The molecule has 178 valence electrons. The summed E-state index contributed by atoms with van der Waals surface area (Å²) in [7, 11) is 0. The van der Waals surface area contributed by atoms with E-state index in [1.165, 1.54) is 65.7 Å². The molecule has 1 unspecified atom stereocenters. The minimum absolute atomic E-state index is 0.514. The molecule has 1 nitrogen and oxygen atoms in total. The largest absolute Gasteiger partial charge is 0.309 e. The van der Waals surface area contributed by atoms with E-state index in [2.05, 4.69) is 140 Å². The number of hydrogen-bond acceptors (Lipinski definition) is 0. The van der Waals surface area contributed by atoms with Gasteiger partial charge in [0.25, 0.3) is 0 Å². The van der Waals surface area contributed by atoms with Gasteiger partial charge in [-0.25, -0.2) is 0 Å². The summed E-state index contributed by atoms with van der Waals surface area (Å²) in [5, 5.41) is 7.88. The minimum atomic E-state index is 0.514. The molecule has 0 aliphatic heterocycles. The highest BCUT2D eigenvalue weighted by atomic mass is 15.0. The van der Waals surface area contributed by atoms with Gasteiger partial charge in [-0.2, -0.15) is 0 Å². The monoisotopic (exact) mass is 475 g/mol. The highest BCUT2D eigenvalue weighted by molar-refractivity contribution is 6.32. The van der Waals surface area contributed by atoms with E-state index < -0.39 is 0 Å². The van der Waals surface area contributed by atoms with Crippen LogP contribution in [0.1, 0.15) is 31.7 Å². The van der Waals surface area contributed by atoms with E-state index in [1.807, 2.05) is 0 Å². The fraction of sp³-hybridized carbons (Fsp3) is 0.111. The van der Waals surface area contributed by atoms with Crippen LogP contribution in [0.15, 0.2) is 121 Å². The number of hydrogen-bond donors (Lipinski definition) is 0. The van der Waals surface area contributed by atoms with Crippen LogP contribution in [0.3, 0.4) is 0 Å². The molecule has 1 atom stereocenters. The first-order valence-electron chi connectivity index (χ1n) is 13.3. The first-order valence-corrected chi connectivity index (χ1v) is 13.3. The fourth-order valence-electron chi connectivity index (χ4n) is 5.96. The number of nitrogens with zero attached hydrogens (tertiary/aromatic N) is 1. The topological polar surface area (TPSA) is 4.93 Å². The van der Waals surface area contributed by atoms with E-state index in [0.29, 0.717) is 5.92 Å². The van der Waals surface area contributed by atoms with Gasteiger partial charge < -0.3 is 4.57 Å². The Bertz CT molecular complexity index is 1920. The lowest BCUT2D eigenvalue weighted by Crippen LogP contribution is -1.97. The molecular formula is C36H29N. The third kappa shape index (κ3) is 3.38. The lowest BCUT2D eigenvalue weighted by atomic mass is 9.95. The summed E-state index contributed by atoms with van der Waals surface area (Å²) in [6.07, 6.45) is 1.13. The molecular weight excluding hydrogens is 446 g/mol. The zero-order valence-corrected chi connectivity index (χ0v) is 21.3. The predicted molar refractivity (Wildman–Crippen MR) is 160 cm³/mol. The van der Waals surface area contributed by atoms with Crippen LogP contribution in [0.5, 0.6) is 0 Å². The van der Waals surface area contributed by atoms with Crippen LogP contribution in [0.25, 0.3) is 60.2 Å². The molecule has 0 saturated carbocycles. The molecule has 7 aromatic rings. The summed E-state index contributed by atoms with van der Waals surface area (Å²) in [5.41, 5.74) is 7.63. The van der Waals surface area contributed by atoms with Crippen LogP contribution in [-0.2, 0) is 0 Å². The van der Waals surface area contributed by atoms with E-state index in [-0.39, 0.29) is 0 Å². The second-order valence-electron chi connectivity index (χ2n) is 10.2. The van der Waals surface area contributed by atoms with Crippen molar-refractivity contribution in [3.63, 3.8) is 0 Å². The van der Waals surface area contributed by atoms with Crippen molar-refractivity contribution >= 4 is 43.4 Å². The van der Waals surface area contributed by atoms with Crippen molar-refractivity contribution < 1.29 is 0 Å². The quantitative estimate of drug-likeness (QED) is 0.223. The molecule has 1 aromatic heterocycles. The van der Waals surface area contributed by atoms with Crippen LogP contribution in [0.4, 0.5) is 0 Å². The molecule has 1 heterocycles. The van der Waals surface area contributed by atoms with E-state index in [9.17, 15) is 0 Å². The Morgan fingerprint density at radius 3 is 1.97 bits per heavy atom. The summed E-state index contributed by atoms with van der Waals surface area (Å²) < 4.78 is 2.51. The van der Waals surface area contributed by atoms with E-state index >= 15 is 0 Å². The van der Waals surface area contributed by atoms with Crippen LogP contribution in [0, 0.1) is 0 Å². The molecule has 0 aliphatic carbocycles. The Morgan fingerprint density at radius 2 is 1.22 bits per heavy atom. The van der Waals surface area contributed by atoms with E-state index in [1.54, 1.807) is 0 Å². The van der Waals surface area contributed by atoms with Gasteiger partial charge in [0.2, 0.25) is 0 Å². The normalized spacial score (nSPS) is 12.6. The van der Waals surface area contributed by atoms with Gasteiger partial charge in [-0.3, -0.25) is 0 Å². The molecule has 0 saturated heterocycles. The molecule has 37 heavy (non-hydrogen) atoms. The molecule has 7 rings (SSSR count). The molecule has 0 spiro atoms. The van der Waals surface area contributed by atoms with Gasteiger partial charge in [-0.05, 0) is 63.4 Å². The van der Waals surface area contributed by atoms with Crippen LogP contribution in [-0.4, -0.2) is 4.57 Å². The summed E-state index contributed by atoms with van der Waals surface area (Å²) in [5.74, 6) is 0.514. The molecule has 1 heteroatoms. The minimum Gasteiger partial charge on any atom is -0.309 e. The van der Waals surface area contributed by atoms with Gasteiger partial charge in [0.15, 0.2) is 0 Å². The number of fused-ring (bicyclic) bond motifs is 8. The van der Waals surface area contributed by atoms with Gasteiger partial charge in [0.1, 0.15) is 0 Å². The Labute approximate surface area is 217 Å². The van der Waals surface area contributed by atoms with Gasteiger partial charge in [-0.15, -0.1) is 0 Å². The number of benzene rings is 6. The van der Waals surface area contributed by atoms with Crippen molar-refractivity contribution in [2.24, 2.45) is 0 Å². The molecule has 6 aromatic carbocycles. The average Bonchev–Trinajstić information content (AvgIpc) is 3.32. The van der Waals surface area contributed by atoms with Crippen molar-refractivity contribution in [2.75, 3.05) is 0 Å². The van der Waals surface area contributed by atoms with Crippen LogP contribution in [0.2, 0.25) is 0 Å². The van der Waals surface area contributed by atoms with Crippen molar-refractivity contribution in [3.8, 4) is 16.8 Å². The summed E-state index contributed by atoms with van der Waals surface area (Å²) in [6.45, 7) is 4.60. The number of aromatic nitrogens is 1. The van der Waals surface area contributed by atoms with Gasteiger partial charge >= 0.3 is 0 Å². The Morgan fingerprint density at radius 1 is 0.568 bits per heavy atom.